The molecule has 0 aromatic carbocycles. The molecular weight excluding hydrogens is 228 g/mol. The number of nitrogens with zero attached hydrogens (tertiary/aromatic N) is 2. The summed E-state index contributed by atoms with van der Waals surface area (Å²) in [4.78, 5) is 18.4. The standard InChI is InChI=1S/C14H20N2O2/c17-10-4-7-13-6-3-9-16(13)14(18)11-12-5-1-2-8-15-12/h1-2,5,8,13,17H,3-4,6-7,9-11H2. The molecular formula is C14H20N2O2. The molecule has 98 valence electrons. The Kier molecular flexibility index (Phi) is 4.70. The number of aliphatic hydroxyl groups is 1. The molecule has 0 radical (unpaired) electrons. The molecule has 0 saturated carbocycles. The third kappa shape index (κ3) is 3.29. The van der Waals surface area contributed by atoms with Gasteiger partial charge in [0.2, 0.25) is 5.91 Å². The van der Waals surface area contributed by atoms with Gasteiger partial charge in [0, 0.05) is 31.1 Å². The van der Waals surface area contributed by atoms with Gasteiger partial charge in [-0.1, -0.05) is 6.07 Å². The van der Waals surface area contributed by atoms with E-state index in [-0.39, 0.29) is 12.5 Å². The van der Waals surface area contributed by atoms with Gasteiger partial charge in [0.15, 0.2) is 0 Å². The fourth-order valence-electron chi connectivity index (χ4n) is 2.55. The molecule has 1 unspecified atom stereocenters. The van der Waals surface area contributed by atoms with Gasteiger partial charge >= 0.3 is 0 Å². The Morgan fingerprint density at radius 2 is 2.39 bits per heavy atom. The van der Waals surface area contributed by atoms with E-state index in [1.165, 1.54) is 0 Å². The maximum Gasteiger partial charge on any atom is 0.228 e. The maximum atomic E-state index is 12.2. The van der Waals surface area contributed by atoms with Gasteiger partial charge in [0.05, 0.1) is 6.42 Å². The van der Waals surface area contributed by atoms with Crippen molar-refractivity contribution in [2.75, 3.05) is 13.2 Å². The van der Waals surface area contributed by atoms with Gasteiger partial charge in [-0.25, -0.2) is 0 Å². The second-order valence-electron chi connectivity index (χ2n) is 4.75. The largest absolute Gasteiger partial charge is 0.396 e. The molecule has 0 spiro atoms. The lowest BCUT2D eigenvalue weighted by atomic mass is 10.1. The molecule has 2 rings (SSSR count). The van der Waals surface area contributed by atoms with Gasteiger partial charge in [-0.15, -0.1) is 0 Å². The average Bonchev–Trinajstić information content (AvgIpc) is 2.86. The Morgan fingerprint density at radius 1 is 1.50 bits per heavy atom. The number of amides is 1. The van der Waals surface area contributed by atoms with Crippen LogP contribution in [0.15, 0.2) is 24.4 Å². The van der Waals surface area contributed by atoms with E-state index in [1.807, 2.05) is 23.1 Å². The molecule has 0 bridgehead atoms. The summed E-state index contributed by atoms with van der Waals surface area (Å²) in [6, 6.07) is 5.96. The molecule has 0 aliphatic carbocycles. The van der Waals surface area contributed by atoms with E-state index < -0.39 is 0 Å². The second kappa shape index (κ2) is 6.50. The SMILES string of the molecule is O=C(Cc1ccccn1)N1CCCC1CCCO. The molecule has 4 heteroatoms. The predicted octanol–water partition coefficient (Wildman–Crippen LogP) is 1.39. The van der Waals surface area contributed by atoms with Crippen LogP contribution in [0.4, 0.5) is 0 Å². The number of carbonyl (C=O) groups is 1. The number of hydrogen-bond donors (Lipinski definition) is 1. The summed E-state index contributed by atoms with van der Waals surface area (Å²) in [7, 11) is 0. The van der Waals surface area contributed by atoms with E-state index in [2.05, 4.69) is 4.98 Å². The highest BCUT2D eigenvalue weighted by atomic mass is 16.3. The summed E-state index contributed by atoms with van der Waals surface area (Å²) >= 11 is 0. The van der Waals surface area contributed by atoms with E-state index in [4.69, 9.17) is 5.11 Å². The van der Waals surface area contributed by atoms with Gasteiger partial charge in [-0.3, -0.25) is 9.78 Å². The highest BCUT2D eigenvalue weighted by Crippen LogP contribution is 2.22. The number of pyridine rings is 1. The highest BCUT2D eigenvalue weighted by molar-refractivity contribution is 5.78. The third-order valence-corrected chi connectivity index (χ3v) is 3.45. The van der Waals surface area contributed by atoms with Crippen LogP contribution < -0.4 is 0 Å². The van der Waals surface area contributed by atoms with Crippen molar-refractivity contribution in [1.82, 2.24) is 9.88 Å². The molecule has 1 aromatic heterocycles. The first kappa shape index (κ1) is 13.0. The smallest absolute Gasteiger partial charge is 0.228 e. The molecule has 1 saturated heterocycles. The van der Waals surface area contributed by atoms with Crippen molar-refractivity contribution in [1.29, 1.82) is 0 Å². The number of carbonyl (C=O) groups excluding carboxylic acids is 1. The van der Waals surface area contributed by atoms with Crippen LogP contribution in [0.3, 0.4) is 0 Å². The number of likely N-dealkylation sites (tertiary alicyclic amines) is 1. The summed E-state index contributed by atoms with van der Waals surface area (Å²) in [5.41, 5.74) is 0.829. The molecule has 1 aromatic rings. The number of rotatable bonds is 5. The van der Waals surface area contributed by atoms with Crippen LogP contribution in [0.25, 0.3) is 0 Å². The van der Waals surface area contributed by atoms with Crippen LogP contribution in [-0.2, 0) is 11.2 Å². The Bertz CT molecular complexity index is 381. The van der Waals surface area contributed by atoms with Crippen LogP contribution in [0, 0.1) is 0 Å². The highest BCUT2D eigenvalue weighted by Gasteiger charge is 2.28. The molecule has 2 heterocycles. The minimum Gasteiger partial charge on any atom is -0.396 e. The first-order chi connectivity index (χ1) is 8.81. The summed E-state index contributed by atoms with van der Waals surface area (Å²) < 4.78 is 0. The zero-order chi connectivity index (χ0) is 12.8. The zero-order valence-electron chi connectivity index (χ0n) is 10.6. The number of hydrogen-bond acceptors (Lipinski definition) is 3. The molecule has 1 amide bonds. The average molecular weight is 248 g/mol. The lowest BCUT2D eigenvalue weighted by Crippen LogP contribution is -2.36. The molecule has 1 aliphatic heterocycles. The third-order valence-electron chi connectivity index (χ3n) is 3.45. The van der Waals surface area contributed by atoms with Crippen LogP contribution in [0.5, 0.6) is 0 Å². The normalized spacial score (nSPS) is 19.2. The van der Waals surface area contributed by atoms with Gasteiger partial charge < -0.3 is 10.0 Å². The Labute approximate surface area is 108 Å². The van der Waals surface area contributed by atoms with Crippen LogP contribution in [0.2, 0.25) is 0 Å². The fraction of sp³-hybridized carbons (Fsp3) is 0.571. The van der Waals surface area contributed by atoms with Crippen molar-refractivity contribution in [2.45, 2.75) is 38.1 Å². The van der Waals surface area contributed by atoms with E-state index in [9.17, 15) is 4.79 Å². The summed E-state index contributed by atoms with van der Waals surface area (Å²) in [5, 5.41) is 8.87. The van der Waals surface area contributed by atoms with Gasteiger partial charge in [-0.05, 0) is 37.8 Å². The first-order valence-electron chi connectivity index (χ1n) is 6.61. The van der Waals surface area contributed by atoms with Crippen molar-refractivity contribution in [2.24, 2.45) is 0 Å². The molecule has 1 atom stereocenters. The predicted molar refractivity (Wildman–Crippen MR) is 69.0 cm³/mol. The number of aromatic nitrogens is 1. The number of aliphatic hydroxyl groups excluding tert-OH is 1. The van der Waals surface area contributed by atoms with Crippen LogP contribution in [0.1, 0.15) is 31.4 Å². The molecule has 1 aliphatic rings. The van der Waals surface area contributed by atoms with E-state index >= 15 is 0 Å². The van der Waals surface area contributed by atoms with E-state index in [1.54, 1.807) is 6.20 Å². The Hall–Kier alpha value is -1.42. The second-order valence-corrected chi connectivity index (χ2v) is 4.75. The molecule has 1 fully saturated rings. The quantitative estimate of drug-likeness (QED) is 0.856. The molecule has 1 N–H and O–H groups in total. The van der Waals surface area contributed by atoms with Crippen molar-refractivity contribution < 1.29 is 9.90 Å². The topological polar surface area (TPSA) is 53.4 Å². The van der Waals surface area contributed by atoms with Crippen LogP contribution in [-0.4, -0.2) is 40.1 Å². The van der Waals surface area contributed by atoms with Crippen molar-refractivity contribution in [3.05, 3.63) is 30.1 Å². The molecule has 4 nitrogen and oxygen atoms in total. The Balaban J connectivity index is 1.91. The lowest BCUT2D eigenvalue weighted by molar-refractivity contribution is -0.131. The van der Waals surface area contributed by atoms with Crippen molar-refractivity contribution in [3.63, 3.8) is 0 Å². The van der Waals surface area contributed by atoms with Crippen LogP contribution >= 0.6 is 0 Å². The van der Waals surface area contributed by atoms with Gasteiger partial charge in [-0.2, -0.15) is 0 Å². The van der Waals surface area contributed by atoms with Gasteiger partial charge in [0.1, 0.15) is 0 Å². The lowest BCUT2D eigenvalue weighted by Gasteiger charge is -2.24. The van der Waals surface area contributed by atoms with E-state index in [0.717, 1.165) is 37.9 Å². The van der Waals surface area contributed by atoms with E-state index in [0.29, 0.717) is 12.5 Å². The summed E-state index contributed by atoms with van der Waals surface area (Å²) in [6.45, 7) is 1.06. The van der Waals surface area contributed by atoms with Crippen molar-refractivity contribution >= 4 is 5.91 Å². The van der Waals surface area contributed by atoms with Crippen molar-refractivity contribution in [3.8, 4) is 0 Å². The monoisotopic (exact) mass is 248 g/mol. The summed E-state index contributed by atoms with van der Waals surface area (Å²) in [6.07, 6.45) is 5.92. The summed E-state index contributed by atoms with van der Waals surface area (Å²) in [5.74, 6) is 0.161. The Morgan fingerprint density at radius 3 is 3.11 bits per heavy atom. The maximum absolute atomic E-state index is 12.2. The molecule has 18 heavy (non-hydrogen) atoms. The minimum atomic E-state index is 0.161. The zero-order valence-corrected chi connectivity index (χ0v) is 10.6. The van der Waals surface area contributed by atoms with Gasteiger partial charge in [0.25, 0.3) is 0 Å². The fourth-order valence-corrected chi connectivity index (χ4v) is 2.55. The first-order valence-corrected chi connectivity index (χ1v) is 6.61. The minimum absolute atomic E-state index is 0.161.